The minimum absolute atomic E-state index is 0.951. The van der Waals surface area contributed by atoms with Crippen molar-refractivity contribution in [3.05, 3.63) is 58.7 Å². The van der Waals surface area contributed by atoms with Gasteiger partial charge in [0.25, 0.3) is 0 Å². The first-order valence-corrected chi connectivity index (χ1v) is 11.2. The van der Waals surface area contributed by atoms with Crippen molar-refractivity contribution in [2.45, 2.75) is 36.7 Å². The Morgan fingerprint density at radius 3 is 1.23 bits per heavy atom. The van der Waals surface area contributed by atoms with Gasteiger partial charge >= 0.3 is 0 Å². The van der Waals surface area contributed by atoms with Crippen LogP contribution >= 0.6 is 21.6 Å². The van der Waals surface area contributed by atoms with E-state index >= 15 is 0 Å². The largest absolute Gasteiger partial charge is 0.327 e. The van der Waals surface area contributed by atoms with Crippen LogP contribution < -0.4 is 0 Å². The van der Waals surface area contributed by atoms with Crippen LogP contribution in [0, 0.1) is 13.8 Å². The molecular weight excluding hydrogens is 356 g/mol. The summed E-state index contributed by atoms with van der Waals surface area (Å²) in [6.07, 6.45) is 0. The molecule has 0 aliphatic heterocycles. The summed E-state index contributed by atoms with van der Waals surface area (Å²) < 4.78 is 1.90. The molecule has 0 fully saturated rings. The summed E-state index contributed by atoms with van der Waals surface area (Å²) in [4.78, 5) is 2.68. The quantitative estimate of drug-likeness (QED) is 0.451. The van der Waals surface area contributed by atoms with E-state index in [1.54, 1.807) is 0 Å². The molecule has 0 aliphatic carbocycles. The van der Waals surface area contributed by atoms with Crippen molar-refractivity contribution in [1.29, 1.82) is 0 Å². The Labute approximate surface area is 168 Å². The summed E-state index contributed by atoms with van der Waals surface area (Å²) in [6.45, 7) is 6.50. The predicted octanol–water partition coefficient (Wildman–Crippen LogP) is 5.52. The lowest BCUT2D eigenvalue weighted by Crippen LogP contribution is -2.33. The molecule has 0 bridgehead atoms. The van der Waals surface area contributed by atoms with Gasteiger partial charge < -0.3 is 8.97 Å². The van der Waals surface area contributed by atoms with E-state index in [-0.39, 0.29) is 0 Å². The van der Waals surface area contributed by atoms with Crippen LogP contribution in [0.3, 0.4) is 0 Å². The molecule has 0 heterocycles. The van der Waals surface area contributed by atoms with Gasteiger partial charge in [0.15, 0.2) is 0 Å². The van der Waals surface area contributed by atoms with Gasteiger partial charge in [0.2, 0.25) is 0 Å². The van der Waals surface area contributed by atoms with Crippen molar-refractivity contribution in [2.24, 2.45) is 0 Å². The van der Waals surface area contributed by atoms with E-state index in [2.05, 4.69) is 92.5 Å². The zero-order valence-corrected chi connectivity index (χ0v) is 19.2. The van der Waals surface area contributed by atoms with Gasteiger partial charge in [-0.15, -0.1) is 0 Å². The zero-order chi connectivity index (χ0) is 19.5. The molecule has 4 heteroatoms. The van der Waals surface area contributed by atoms with E-state index in [4.69, 9.17) is 0 Å². The standard InChI is InChI=1S/C22H34N2S2/c1-17-9-19(15-23(3,4)5)13-21(11-17)25-26-22-12-18(2)10-20(14-22)16-24(6,7)8/h9-14H,15-16H2,1-8H3/q+2. The summed E-state index contributed by atoms with van der Waals surface area (Å²) >= 11 is 0. The molecule has 0 N–H and O–H groups in total. The number of benzene rings is 2. The second-order valence-electron chi connectivity index (χ2n) is 9.37. The summed E-state index contributed by atoms with van der Waals surface area (Å²) in [5.41, 5.74) is 5.51. The first-order chi connectivity index (χ1) is 11.9. The van der Waals surface area contributed by atoms with Gasteiger partial charge in [0.1, 0.15) is 13.1 Å². The summed E-state index contributed by atoms with van der Waals surface area (Å²) in [6, 6.07) is 13.9. The van der Waals surface area contributed by atoms with Gasteiger partial charge in [-0.05, 0) is 49.2 Å². The smallest absolute Gasteiger partial charge is 0.104 e. The Hall–Kier alpha value is -0.940. The Morgan fingerprint density at radius 1 is 0.577 bits per heavy atom. The summed E-state index contributed by atoms with van der Waals surface area (Å²) in [5, 5.41) is 0. The maximum atomic E-state index is 2.34. The van der Waals surface area contributed by atoms with E-state index in [0.717, 1.165) is 22.1 Å². The molecule has 0 aromatic heterocycles. The second-order valence-corrected chi connectivity index (χ2v) is 11.6. The highest BCUT2D eigenvalue weighted by molar-refractivity contribution is 8.76. The maximum absolute atomic E-state index is 2.34. The maximum Gasteiger partial charge on any atom is 0.104 e. The highest BCUT2D eigenvalue weighted by atomic mass is 33.1. The number of rotatable bonds is 7. The molecule has 0 aliphatic rings. The topological polar surface area (TPSA) is 0 Å². The molecule has 0 radical (unpaired) electrons. The molecule has 0 saturated heterocycles. The Balaban J connectivity index is 2.13. The van der Waals surface area contributed by atoms with Crippen LogP contribution in [0.2, 0.25) is 0 Å². The minimum atomic E-state index is 0.951. The Bertz CT molecular complexity index is 690. The van der Waals surface area contributed by atoms with Gasteiger partial charge in [0, 0.05) is 20.9 Å². The Kier molecular flexibility index (Phi) is 6.89. The highest BCUT2D eigenvalue weighted by Crippen LogP contribution is 2.39. The van der Waals surface area contributed by atoms with E-state index in [0.29, 0.717) is 0 Å². The van der Waals surface area contributed by atoms with E-state index in [1.165, 1.54) is 32.0 Å². The van der Waals surface area contributed by atoms with Crippen molar-refractivity contribution in [2.75, 3.05) is 42.3 Å². The van der Waals surface area contributed by atoms with E-state index in [9.17, 15) is 0 Å². The number of hydrogen-bond acceptors (Lipinski definition) is 2. The molecule has 2 rings (SSSR count). The Morgan fingerprint density at radius 2 is 0.923 bits per heavy atom. The molecule has 0 amide bonds. The lowest BCUT2D eigenvalue weighted by molar-refractivity contribution is -0.884. The molecular formula is C22H34N2S2+2. The predicted molar refractivity (Wildman–Crippen MR) is 118 cm³/mol. The fourth-order valence-electron chi connectivity index (χ4n) is 3.12. The van der Waals surface area contributed by atoms with Crippen molar-refractivity contribution in [3.8, 4) is 0 Å². The van der Waals surface area contributed by atoms with Crippen molar-refractivity contribution >= 4 is 21.6 Å². The number of nitrogens with zero attached hydrogens (tertiary/aromatic N) is 2. The molecule has 0 saturated carbocycles. The second kappa shape index (κ2) is 8.39. The third kappa shape index (κ3) is 7.75. The minimum Gasteiger partial charge on any atom is -0.327 e. The number of quaternary nitrogens is 2. The molecule has 0 spiro atoms. The van der Waals surface area contributed by atoms with Crippen molar-refractivity contribution < 1.29 is 8.97 Å². The molecule has 142 valence electrons. The fraction of sp³-hybridized carbons (Fsp3) is 0.455. The van der Waals surface area contributed by atoms with Gasteiger partial charge in [-0.1, -0.05) is 33.7 Å². The molecule has 2 aromatic rings. The first kappa shape index (κ1) is 21.4. The number of aryl methyl sites for hydroxylation is 2. The zero-order valence-electron chi connectivity index (χ0n) is 17.6. The molecule has 0 atom stereocenters. The van der Waals surface area contributed by atoms with Gasteiger partial charge in [-0.25, -0.2) is 0 Å². The van der Waals surface area contributed by atoms with Crippen LogP contribution in [0.15, 0.2) is 46.2 Å². The lowest BCUT2D eigenvalue weighted by Gasteiger charge is -2.24. The average molecular weight is 391 g/mol. The third-order valence-electron chi connectivity index (χ3n) is 3.77. The normalized spacial score (nSPS) is 12.5. The number of hydrogen-bond donors (Lipinski definition) is 0. The van der Waals surface area contributed by atoms with Crippen molar-refractivity contribution in [3.63, 3.8) is 0 Å². The van der Waals surface area contributed by atoms with Crippen molar-refractivity contribution in [1.82, 2.24) is 0 Å². The SMILES string of the molecule is Cc1cc(C[N+](C)(C)C)cc(SSc2cc(C)cc(C[N+](C)(C)C)c2)c1. The average Bonchev–Trinajstić information content (AvgIpc) is 2.40. The lowest BCUT2D eigenvalue weighted by atomic mass is 10.1. The molecule has 0 unspecified atom stereocenters. The van der Waals surface area contributed by atoms with Crippen LogP contribution in [0.1, 0.15) is 22.3 Å². The monoisotopic (exact) mass is 390 g/mol. The fourth-order valence-corrected chi connectivity index (χ4v) is 5.33. The molecule has 2 nitrogen and oxygen atoms in total. The summed E-state index contributed by atoms with van der Waals surface area (Å²) in [5.74, 6) is 0. The summed E-state index contributed by atoms with van der Waals surface area (Å²) in [7, 11) is 17.2. The van der Waals surface area contributed by atoms with Gasteiger partial charge in [-0.3, -0.25) is 0 Å². The van der Waals surface area contributed by atoms with Gasteiger partial charge in [0.05, 0.1) is 42.3 Å². The third-order valence-corrected chi connectivity index (χ3v) is 6.11. The van der Waals surface area contributed by atoms with E-state index < -0.39 is 0 Å². The molecule has 26 heavy (non-hydrogen) atoms. The van der Waals surface area contributed by atoms with Gasteiger partial charge in [-0.2, -0.15) is 0 Å². The van der Waals surface area contributed by atoms with Crippen LogP contribution in [0.4, 0.5) is 0 Å². The highest BCUT2D eigenvalue weighted by Gasteiger charge is 2.12. The van der Waals surface area contributed by atoms with Crippen LogP contribution in [-0.4, -0.2) is 51.3 Å². The first-order valence-electron chi connectivity index (χ1n) is 9.06. The van der Waals surface area contributed by atoms with Crippen LogP contribution in [0.25, 0.3) is 0 Å². The van der Waals surface area contributed by atoms with E-state index in [1.807, 2.05) is 21.6 Å². The van der Waals surface area contributed by atoms with Crippen LogP contribution in [-0.2, 0) is 13.1 Å². The molecule has 2 aromatic carbocycles. The van der Waals surface area contributed by atoms with Crippen LogP contribution in [0.5, 0.6) is 0 Å².